The van der Waals surface area contributed by atoms with Gasteiger partial charge in [-0.1, -0.05) is 17.7 Å². The van der Waals surface area contributed by atoms with Gasteiger partial charge in [-0.2, -0.15) is 0 Å². The fourth-order valence-electron chi connectivity index (χ4n) is 1.21. The molecule has 0 fully saturated rings. The molecule has 0 spiro atoms. The number of hydrogen-bond acceptors (Lipinski definition) is 0. The van der Waals surface area contributed by atoms with E-state index in [1.54, 1.807) is 0 Å². The second-order valence-corrected chi connectivity index (χ2v) is 5.26. The zero-order valence-corrected chi connectivity index (χ0v) is 11.0. The maximum absolute atomic E-state index is 5.98. The highest BCUT2D eigenvalue weighted by Gasteiger charge is 2.00. The second-order valence-electron chi connectivity index (χ2n) is 2.76. The van der Waals surface area contributed by atoms with E-state index in [9.17, 15) is 0 Å². The molecule has 2 aromatic rings. The van der Waals surface area contributed by atoms with Crippen LogP contribution in [0.15, 0.2) is 34.8 Å². The Kier molecular flexibility index (Phi) is 2.81. The number of halogens is 3. The molecule has 0 aliphatic rings. The highest BCUT2D eigenvalue weighted by molar-refractivity contribution is 14.1. The first-order valence-corrected chi connectivity index (χ1v) is 5.96. The summed E-state index contributed by atoms with van der Waals surface area (Å²) >= 11 is 11.7. The highest BCUT2D eigenvalue weighted by Crippen LogP contribution is 2.28. The summed E-state index contributed by atoms with van der Waals surface area (Å²) in [5, 5.41) is 3.14. The van der Waals surface area contributed by atoms with E-state index >= 15 is 0 Å². The van der Waals surface area contributed by atoms with Crippen molar-refractivity contribution in [2.24, 2.45) is 0 Å². The molecular formula is C10H5BrClI. The third-order valence-corrected chi connectivity index (χ3v) is 3.71. The number of hydrogen-bond donors (Lipinski definition) is 0. The van der Waals surface area contributed by atoms with Crippen molar-refractivity contribution in [2.45, 2.75) is 0 Å². The zero-order chi connectivity index (χ0) is 9.42. The van der Waals surface area contributed by atoms with Crippen molar-refractivity contribution in [2.75, 3.05) is 0 Å². The molecule has 0 amide bonds. The van der Waals surface area contributed by atoms with Gasteiger partial charge >= 0.3 is 0 Å². The lowest BCUT2D eigenvalue weighted by Crippen LogP contribution is -1.76. The molecule has 0 radical (unpaired) electrons. The maximum atomic E-state index is 5.98. The van der Waals surface area contributed by atoms with Gasteiger partial charge in [0.25, 0.3) is 0 Å². The van der Waals surface area contributed by atoms with Crippen molar-refractivity contribution in [3.05, 3.63) is 43.4 Å². The summed E-state index contributed by atoms with van der Waals surface area (Å²) in [4.78, 5) is 0. The summed E-state index contributed by atoms with van der Waals surface area (Å²) in [6, 6.07) is 10.3. The molecule has 13 heavy (non-hydrogen) atoms. The lowest BCUT2D eigenvalue weighted by Gasteiger charge is -2.01. The smallest absolute Gasteiger partial charge is 0.0554 e. The summed E-state index contributed by atoms with van der Waals surface area (Å²) in [5.41, 5.74) is 0. The largest absolute Gasteiger partial charge is 0.0831 e. The van der Waals surface area contributed by atoms with Crippen molar-refractivity contribution >= 4 is 60.9 Å². The van der Waals surface area contributed by atoms with E-state index in [4.69, 9.17) is 11.6 Å². The number of benzene rings is 2. The molecule has 0 heterocycles. The van der Waals surface area contributed by atoms with E-state index in [2.05, 4.69) is 56.7 Å². The fraction of sp³-hybridized carbons (Fsp3) is 0. The SMILES string of the molecule is Clc1cc2ccc(I)cc2cc1Br. The van der Waals surface area contributed by atoms with Crippen molar-refractivity contribution in [3.8, 4) is 0 Å². The van der Waals surface area contributed by atoms with Crippen molar-refractivity contribution in [1.82, 2.24) is 0 Å². The molecule has 0 nitrogen and oxygen atoms in total. The Labute approximate surface area is 104 Å². The average Bonchev–Trinajstić information content (AvgIpc) is 2.08. The van der Waals surface area contributed by atoms with Gasteiger partial charge in [0, 0.05) is 8.04 Å². The normalized spacial score (nSPS) is 10.7. The minimum Gasteiger partial charge on any atom is -0.0831 e. The zero-order valence-electron chi connectivity index (χ0n) is 6.52. The predicted molar refractivity (Wildman–Crippen MR) is 69.4 cm³/mol. The molecule has 0 unspecified atom stereocenters. The Balaban J connectivity index is 2.81. The van der Waals surface area contributed by atoms with Crippen molar-refractivity contribution in [3.63, 3.8) is 0 Å². The number of rotatable bonds is 0. The van der Waals surface area contributed by atoms with Crippen LogP contribution in [0.25, 0.3) is 10.8 Å². The molecule has 0 aliphatic heterocycles. The Morgan fingerprint density at radius 1 is 1.08 bits per heavy atom. The van der Waals surface area contributed by atoms with E-state index in [0.29, 0.717) is 0 Å². The molecule has 0 aliphatic carbocycles. The Morgan fingerprint density at radius 2 is 1.85 bits per heavy atom. The van der Waals surface area contributed by atoms with Gasteiger partial charge in [-0.15, -0.1) is 0 Å². The Hall–Kier alpha value is 0.200. The van der Waals surface area contributed by atoms with Gasteiger partial charge in [-0.05, 0) is 73.6 Å². The highest BCUT2D eigenvalue weighted by atomic mass is 127. The van der Waals surface area contributed by atoms with Gasteiger partial charge in [0.1, 0.15) is 0 Å². The molecule has 0 N–H and O–H groups in total. The molecule has 0 atom stereocenters. The second kappa shape index (κ2) is 3.75. The van der Waals surface area contributed by atoms with Gasteiger partial charge in [0.15, 0.2) is 0 Å². The summed E-state index contributed by atoms with van der Waals surface area (Å²) < 4.78 is 2.18. The van der Waals surface area contributed by atoms with Gasteiger partial charge in [0.05, 0.1) is 5.02 Å². The van der Waals surface area contributed by atoms with Gasteiger partial charge in [-0.3, -0.25) is 0 Å². The molecule has 2 aromatic carbocycles. The van der Waals surface area contributed by atoms with E-state index in [1.165, 1.54) is 14.3 Å². The van der Waals surface area contributed by atoms with E-state index in [-0.39, 0.29) is 0 Å². The van der Waals surface area contributed by atoms with Crippen LogP contribution in [0.3, 0.4) is 0 Å². The van der Waals surface area contributed by atoms with Gasteiger partial charge < -0.3 is 0 Å². The third-order valence-electron chi connectivity index (χ3n) is 1.84. The Bertz CT molecular complexity index is 468. The Morgan fingerprint density at radius 3 is 2.62 bits per heavy atom. The first kappa shape index (κ1) is 9.74. The lowest BCUT2D eigenvalue weighted by molar-refractivity contribution is 1.67. The molecule has 0 saturated carbocycles. The van der Waals surface area contributed by atoms with Crippen LogP contribution in [0.2, 0.25) is 5.02 Å². The first-order chi connectivity index (χ1) is 6.16. The molecule has 0 saturated heterocycles. The van der Waals surface area contributed by atoms with E-state index in [0.717, 1.165) is 9.50 Å². The third kappa shape index (κ3) is 2.00. The molecular weight excluding hydrogens is 362 g/mol. The van der Waals surface area contributed by atoms with Gasteiger partial charge in [-0.25, -0.2) is 0 Å². The summed E-state index contributed by atoms with van der Waals surface area (Å²) in [5.74, 6) is 0. The summed E-state index contributed by atoms with van der Waals surface area (Å²) in [6.45, 7) is 0. The van der Waals surface area contributed by atoms with Crippen LogP contribution in [0, 0.1) is 3.57 Å². The van der Waals surface area contributed by atoms with Crippen molar-refractivity contribution < 1.29 is 0 Å². The van der Waals surface area contributed by atoms with E-state index in [1.807, 2.05) is 12.1 Å². The summed E-state index contributed by atoms with van der Waals surface area (Å²) in [6.07, 6.45) is 0. The standard InChI is InChI=1S/C10H5BrClI/c11-9-4-7-3-8(13)2-1-6(7)5-10(9)12/h1-5H. The minimum atomic E-state index is 0.758. The predicted octanol–water partition coefficient (Wildman–Crippen LogP) is 4.86. The topological polar surface area (TPSA) is 0 Å². The van der Waals surface area contributed by atoms with Crippen LogP contribution in [0.1, 0.15) is 0 Å². The van der Waals surface area contributed by atoms with Crippen LogP contribution in [-0.2, 0) is 0 Å². The minimum absolute atomic E-state index is 0.758. The van der Waals surface area contributed by atoms with Crippen LogP contribution in [0.5, 0.6) is 0 Å². The quantitative estimate of drug-likeness (QED) is 0.584. The van der Waals surface area contributed by atoms with Crippen LogP contribution in [-0.4, -0.2) is 0 Å². The fourth-order valence-corrected chi connectivity index (χ4v) is 2.26. The molecule has 0 aromatic heterocycles. The van der Waals surface area contributed by atoms with Crippen LogP contribution >= 0.6 is 50.1 Å². The molecule has 0 bridgehead atoms. The number of fused-ring (bicyclic) bond motifs is 1. The molecule has 3 heteroatoms. The maximum Gasteiger partial charge on any atom is 0.0554 e. The monoisotopic (exact) mass is 366 g/mol. The van der Waals surface area contributed by atoms with Crippen molar-refractivity contribution in [1.29, 1.82) is 0 Å². The molecule has 66 valence electrons. The summed E-state index contributed by atoms with van der Waals surface area (Å²) in [7, 11) is 0. The molecule has 2 rings (SSSR count). The average molecular weight is 367 g/mol. The van der Waals surface area contributed by atoms with E-state index < -0.39 is 0 Å². The van der Waals surface area contributed by atoms with Gasteiger partial charge in [0.2, 0.25) is 0 Å². The lowest BCUT2D eigenvalue weighted by atomic mass is 10.1. The first-order valence-electron chi connectivity index (χ1n) is 3.71. The van der Waals surface area contributed by atoms with Crippen LogP contribution in [0.4, 0.5) is 0 Å². The van der Waals surface area contributed by atoms with Crippen LogP contribution < -0.4 is 0 Å².